The van der Waals surface area contributed by atoms with Gasteiger partial charge in [0, 0.05) is 25.5 Å². The molecule has 0 spiro atoms. The monoisotopic (exact) mass is 306 g/mol. The highest BCUT2D eigenvalue weighted by Crippen LogP contribution is 2.10. The fraction of sp³-hybridized carbons (Fsp3) is 0.333. The van der Waals surface area contributed by atoms with Crippen molar-refractivity contribution in [3.63, 3.8) is 0 Å². The van der Waals surface area contributed by atoms with Crippen LogP contribution in [0.5, 0.6) is 0 Å². The first-order chi connectivity index (χ1) is 7.42. The number of ether oxygens (including phenoxy) is 1. The van der Waals surface area contributed by atoms with Gasteiger partial charge in [-0.05, 0) is 47.5 Å². The van der Waals surface area contributed by atoms with Gasteiger partial charge in [-0.1, -0.05) is 12.2 Å². The van der Waals surface area contributed by atoms with Crippen LogP contribution in [0.3, 0.4) is 0 Å². The van der Waals surface area contributed by atoms with Gasteiger partial charge in [-0.15, -0.1) is 0 Å². The van der Waals surface area contributed by atoms with E-state index in [0.717, 1.165) is 9.70 Å². The predicted octanol–water partition coefficient (Wildman–Crippen LogP) is 3.08. The summed E-state index contributed by atoms with van der Waals surface area (Å²) in [6, 6.07) is 1.69. The maximum absolute atomic E-state index is 5.68. The van der Waals surface area contributed by atoms with Crippen LogP contribution in [0.4, 0.5) is 0 Å². The lowest BCUT2D eigenvalue weighted by atomic mass is 10.3. The third-order valence-corrected chi connectivity index (χ3v) is 2.19. The third kappa shape index (κ3) is 5.54. The lowest BCUT2D eigenvalue weighted by molar-refractivity contribution is 0.277. The molecule has 0 aromatic carbocycles. The Morgan fingerprint density at radius 3 is 2.31 bits per heavy atom. The highest BCUT2D eigenvalue weighted by molar-refractivity contribution is 9.15. The molecule has 0 saturated carbocycles. The van der Waals surface area contributed by atoms with Crippen LogP contribution >= 0.6 is 27.5 Å². The largest absolute Gasteiger partial charge is 0.444 e. The Bertz CT molecular complexity index is 456. The van der Waals surface area contributed by atoms with Crippen molar-refractivity contribution in [2.75, 3.05) is 14.2 Å². The normalized spacial score (nSPS) is 11.4. The van der Waals surface area contributed by atoms with Gasteiger partial charge in [-0.2, -0.15) is 0 Å². The molecule has 0 fully saturated rings. The van der Waals surface area contributed by atoms with E-state index >= 15 is 0 Å². The average Bonchev–Trinajstić information content (AvgIpc) is 2.45. The van der Waals surface area contributed by atoms with Gasteiger partial charge in [0.1, 0.15) is 5.42 Å². The molecule has 0 N–H and O–H groups in total. The summed E-state index contributed by atoms with van der Waals surface area (Å²) >= 11 is 9.08. The van der Waals surface area contributed by atoms with Gasteiger partial charge in [0.2, 0.25) is 0 Å². The number of allylic oxidation sites excluding steroid dienone is 2. The first-order valence-electron chi connectivity index (χ1n) is 4.61. The molecule has 1 aromatic heterocycles. The average molecular weight is 308 g/mol. The second-order valence-electron chi connectivity index (χ2n) is 3.38. The van der Waals surface area contributed by atoms with Crippen LogP contribution in [0.2, 0.25) is 5.22 Å². The standard InChI is InChI=1S/C10H10BrClO.C2H6O/c1-6(2)4-8(11)10-7(3)5-9(12)13-10;1-3-2/h4-5H,3H2,1-2H3;1-2H3/b10-8-;. The third-order valence-electron chi connectivity index (χ3n) is 1.41. The summed E-state index contributed by atoms with van der Waals surface area (Å²) in [7, 11) is 3.25. The molecule has 0 aliphatic rings. The molecule has 0 saturated heterocycles. The number of halogens is 2. The Hall–Kier alpha value is -0.510. The van der Waals surface area contributed by atoms with Crippen LogP contribution < -0.4 is 10.6 Å². The smallest absolute Gasteiger partial charge is 0.194 e. The molecule has 2 nitrogen and oxygen atoms in total. The quantitative estimate of drug-likeness (QED) is 0.795. The van der Waals surface area contributed by atoms with E-state index in [1.54, 1.807) is 20.3 Å². The minimum atomic E-state index is 0.360. The minimum absolute atomic E-state index is 0.360. The first-order valence-corrected chi connectivity index (χ1v) is 5.78. The predicted molar refractivity (Wildman–Crippen MR) is 73.2 cm³/mol. The van der Waals surface area contributed by atoms with Crippen LogP contribution in [0, 0.1) is 0 Å². The van der Waals surface area contributed by atoms with Gasteiger partial charge >= 0.3 is 0 Å². The Labute approximate surface area is 109 Å². The molecular weight excluding hydrogens is 291 g/mol. The van der Waals surface area contributed by atoms with Crippen molar-refractivity contribution in [1.29, 1.82) is 0 Å². The zero-order chi connectivity index (χ0) is 12.7. The maximum atomic E-state index is 5.68. The number of furan rings is 1. The van der Waals surface area contributed by atoms with Crippen molar-refractivity contribution >= 4 is 38.6 Å². The SMILES string of the molecule is C=c1cc(Cl)o/c1=C(\Br)C=C(C)C.COC. The Morgan fingerprint density at radius 1 is 1.50 bits per heavy atom. The fourth-order valence-electron chi connectivity index (χ4n) is 0.916. The molecule has 0 bridgehead atoms. The van der Waals surface area contributed by atoms with Crippen LogP contribution in [-0.2, 0) is 4.74 Å². The summed E-state index contributed by atoms with van der Waals surface area (Å²) in [5.41, 5.74) is 1.87. The van der Waals surface area contributed by atoms with Gasteiger partial charge in [0.05, 0.1) is 4.48 Å². The summed E-state index contributed by atoms with van der Waals surface area (Å²) in [5, 5.41) is 1.15. The molecular formula is C12H16BrClO2. The van der Waals surface area contributed by atoms with Crippen molar-refractivity contribution in [2.24, 2.45) is 0 Å². The van der Waals surface area contributed by atoms with E-state index in [9.17, 15) is 0 Å². The number of hydrogen-bond acceptors (Lipinski definition) is 2. The lowest BCUT2D eigenvalue weighted by Crippen LogP contribution is -2.18. The Kier molecular flexibility index (Phi) is 7.47. The Morgan fingerprint density at radius 2 is 2.00 bits per heavy atom. The molecule has 1 aromatic rings. The summed E-state index contributed by atoms with van der Waals surface area (Å²) in [6.45, 7) is 7.83. The summed E-state index contributed by atoms with van der Waals surface area (Å²) in [6.07, 6.45) is 1.96. The van der Waals surface area contributed by atoms with Crippen molar-refractivity contribution in [1.82, 2.24) is 0 Å². The van der Waals surface area contributed by atoms with Crippen molar-refractivity contribution < 1.29 is 9.15 Å². The van der Waals surface area contributed by atoms with E-state index in [1.807, 2.05) is 19.9 Å². The van der Waals surface area contributed by atoms with Crippen LogP contribution in [0.15, 0.2) is 22.1 Å². The molecule has 1 rings (SSSR count). The molecule has 0 aliphatic carbocycles. The lowest BCUT2D eigenvalue weighted by Gasteiger charge is -1.88. The van der Waals surface area contributed by atoms with Crippen molar-refractivity contribution in [2.45, 2.75) is 13.8 Å². The maximum Gasteiger partial charge on any atom is 0.194 e. The molecule has 0 aliphatic heterocycles. The summed E-state index contributed by atoms with van der Waals surface area (Å²) < 4.78 is 10.4. The van der Waals surface area contributed by atoms with Crippen LogP contribution in [0.25, 0.3) is 11.1 Å². The van der Waals surface area contributed by atoms with Gasteiger partial charge in [0.15, 0.2) is 5.22 Å². The van der Waals surface area contributed by atoms with Crippen molar-refractivity contribution in [3.8, 4) is 0 Å². The molecule has 0 unspecified atom stereocenters. The van der Waals surface area contributed by atoms with Crippen LogP contribution in [-0.4, -0.2) is 14.2 Å². The van der Waals surface area contributed by atoms with E-state index in [4.69, 9.17) is 16.0 Å². The van der Waals surface area contributed by atoms with Gasteiger partial charge < -0.3 is 9.15 Å². The topological polar surface area (TPSA) is 22.4 Å². The van der Waals surface area contributed by atoms with Gasteiger partial charge in [-0.3, -0.25) is 0 Å². The van der Waals surface area contributed by atoms with Gasteiger partial charge in [-0.25, -0.2) is 0 Å². The fourth-order valence-corrected chi connectivity index (χ4v) is 1.92. The van der Waals surface area contributed by atoms with E-state index < -0.39 is 0 Å². The molecule has 0 atom stereocenters. The highest BCUT2D eigenvalue weighted by atomic mass is 79.9. The number of hydrogen-bond donors (Lipinski definition) is 0. The zero-order valence-corrected chi connectivity index (χ0v) is 12.3. The Balaban J connectivity index is 0.000000673. The van der Waals surface area contributed by atoms with Crippen molar-refractivity contribution in [3.05, 3.63) is 33.6 Å². The molecule has 90 valence electrons. The second-order valence-corrected chi connectivity index (χ2v) is 4.61. The highest BCUT2D eigenvalue weighted by Gasteiger charge is 1.98. The van der Waals surface area contributed by atoms with E-state index in [2.05, 4.69) is 27.2 Å². The van der Waals surface area contributed by atoms with Crippen LogP contribution in [0.1, 0.15) is 13.8 Å². The van der Waals surface area contributed by atoms with E-state index in [1.165, 1.54) is 5.57 Å². The summed E-state index contributed by atoms with van der Waals surface area (Å²) in [5.74, 6) is 0. The molecule has 1 heterocycles. The van der Waals surface area contributed by atoms with Gasteiger partial charge in [0.25, 0.3) is 0 Å². The number of rotatable bonds is 1. The zero-order valence-electron chi connectivity index (χ0n) is 9.93. The second kappa shape index (κ2) is 7.71. The van der Waals surface area contributed by atoms with E-state index in [-0.39, 0.29) is 0 Å². The molecule has 16 heavy (non-hydrogen) atoms. The molecule has 0 radical (unpaired) electrons. The van der Waals surface area contributed by atoms with E-state index in [0.29, 0.717) is 10.6 Å². The first kappa shape index (κ1) is 15.5. The minimum Gasteiger partial charge on any atom is -0.444 e. The molecule has 4 heteroatoms. The molecule has 0 amide bonds. The summed E-state index contributed by atoms with van der Waals surface area (Å²) in [4.78, 5) is 0. The number of methoxy groups -OCH3 is 1.